The van der Waals surface area contributed by atoms with Crippen molar-refractivity contribution in [3.63, 3.8) is 0 Å². The minimum absolute atomic E-state index is 0.0840. The van der Waals surface area contributed by atoms with Gasteiger partial charge in [0, 0.05) is 6.54 Å². The lowest BCUT2D eigenvalue weighted by atomic mass is 10.1. The molecule has 0 aliphatic heterocycles. The third kappa shape index (κ3) is 5.12. The SMILES string of the molecule is CCCCCCCCn1c(C(C)Oc2cccc(C)c2)nc2ccccc21. The van der Waals surface area contributed by atoms with E-state index in [-0.39, 0.29) is 6.10 Å². The molecular formula is C24H32N2O. The van der Waals surface area contributed by atoms with Crippen LogP contribution in [0.25, 0.3) is 11.0 Å². The lowest BCUT2D eigenvalue weighted by molar-refractivity contribution is 0.211. The van der Waals surface area contributed by atoms with Gasteiger partial charge in [0.15, 0.2) is 11.9 Å². The van der Waals surface area contributed by atoms with E-state index in [1.165, 1.54) is 49.6 Å². The number of ether oxygens (including phenoxy) is 1. The number of nitrogens with zero attached hydrogens (tertiary/aromatic N) is 2. The molecule has 0 aliphatic rings. The Labute approximate surface area is 163 Å². The van der Waals surface area contributed by atoms with Crippen LogP contribution in [0.5, 0.6) is 5.75 Å². The summed E-state index contributed by atoms with van der Waals surface area (Å²) in [6.45, 7) is 7.45. The summed E-state index contributed by atoms with van der Waals surface area (Å²) in [5.41, 5.74) is 3.47. The Morgan fingerprint density at radius 2 is 1.74 bits per heavy atom. The number of hydrogen-bond donors (Lipinski definition) is 0. The van der Waals surface area contributed by atoms with Crippen LogP contribution in [0.4, 0.5) is 0 Å². The van der Waals surface area contributed by atoms with Crippen molar-refractivity contribution in [3.8, 4) is 5.75 Å². The van der Waals surface area contributed by atoms with Crippen LogP contribution >= 0.6 is 0 Å². The van der Waals surface area contributed by atoms with Gasteiger partial charge in [0.1, 0.15) is 5.75 Å². The van der Waals surface area contributed by atoms with E-state index in [2.05, 4.69) is 61.7 Å². The van der Waals surface area contributed by atoms with Crippen molar-refractivity contribution in [3.05, 3.63) is 59.9 Å². The molecule has 1 atom stereocenters. The Kier molecular flexibility index (Phi) is 6.92. The predicted octanol–water partition coefficient (Wildman–Crippen LogP) is 6.85. The monoisotopic (exact) mass is 364 g/mol. The van der Waals surface area contributed by atoms with Gasteiger partial charge in [0.25, 0.3) is 0 Å². The smallest absolute Gasteiger partial charge is 0.153 e. The third-order valence-electron chi connectivity index (χ3n) is 5.09. The van der Waals surface area contributed by atoms with E-state index < -0.39 is 0 Å². The van der Waals surface area contributed by atoms with Crippen molar-refractivity contribution in [1.29, 1.82) is 0 Å². The molecule has 27 heavy (non-hydrogen) atoms. The van der Waals surface area contributed by atoms with Crippen LogP contribution in [0.15, 0.2) is 48.5 Å². The summed E-state index contributed by atoms with van der Waals surface area (Å²) in [5.74, 6) is 1.92. The highest BCUT2D eigenvalue weighted by Gasteiger charge is 2.18. The fourth-order valence-electron chi connectivity index (χ4n) is 3.64. The number of benzene rings is 2. The van der Waals surface area contributed by atoms with E-state index in [1.54, 1.807) is 0 Å². The lowest BCUT2D eigenvalue weighted by Gasteiger charge is -2.17. The number of aryl methyl sites for hydroxylation is 2. The van der Waals surface area contributed by atoms with E-state index >= 15 is 0 Å². The summed E-state index contributed by atoms with van der Waals surface area (Å²) in [6.07, 6.45) is 7.70. The van der Waals surface area contributed by atoms with Crippen LogP contribution in [0.3, 0.4) is 0 Å². The van der Waals surface area contributed by atoms with Crippen molar-refractivity contribution in [2.24, 2.45) is 0 Å². The van der Waals surface area contributed by atoms with Gasteiger partial charge < -0.3 is 9.30 Å². The summed E-state index contributed by atoms with van der Waals surface area (Å²) in [7, 11) is 0. The molecule has 0 saturated heterocycles. The number of aromatic nitrogens is 2. The van der Waals surface area contributed by atoms with Gasteiger partial charge in [-0.3, -0.25) is 0 Å². The summed E-state index contributed by atoms with van der Waals surface area (Å²) in [4.78, 5) is 4.90. The molecule has 0 bridgehead atoms. The molecule has 1 unspecified atom stereocenters. The largest absolute Gasteiger partial charge is 0.483 e. The summed E-state index contributed by atoms with van der Waals surface area (Å²) >= 11 is 0. The molecule has 0 spiro atoms. The fraction of sp³-hybridized carbons (Fsp3) is 0.458. The average Bonchev–Trinajstić information content (AvgIpc) is 3.03. The molecule has 0 N–H and O–H groups in total. The second-order valence-electron chi connectivity index (χ2n) is 7.45. The molecule has 3 heteroatoms. The Hall–Kier alpha value is -2.29. The first-order chi connectivity index (χ1) is 13.2. The number of unbranched alkanes of at least 4 members (excludes halogenated alkanes) is 5. The van der Waals surface area contributed by atoms with E-state index in [4.69, 9.17) is 9.72 Å². The number of fused-ring (bicyclic) bond motifs is 1. The van der Waals surface area contributed by atoms with Crippen molar-refractivity contribution in [1.82, 2.24) is 9.55 Å². The van der Waals surface area contributed by atoms with E-state index in [0.717, 1.165) is 23.6 Å². The second kappa shape index (κ2) is 9.59. The zero-order valence-corrected chi connectivity index (χ0v) is 16.9. The van der Waals surface area contributed by atoms with Crippen molar-refractivity contribution in [2.45, 2.75) is 71.9 Å². The fourth-order valence-corrected chi connectivity index (χ4v) is 3.64. The number of hydrogen-bond acceptors (Lipinski definition) is 2. The van der Waals surface area contributed by atoms with Gasteiger partial charge >= 0.3 is 0 Å². The van der Waals surface area contributed by atoms with Crippen LogP contribution in [0, 0.1) is 6.92 Å². The number of rotatable bonds is 10. The number of para-hydroxylation sites is 2. The molecule has 3 nitrogen and oxygen atoms in total. The minimum Gasteiger partial charge on any atom is -0.483 e. The Bertz CT molecular complexity index is 852. The van der Waals surface area contributed by atoms with Crippen molar-refractivity contribution in [2.75, 3.05) is 0 Å². The highest BCUT2D eigenvalue weighted by atomic mass is 16.5. The summed E-state index contributed by atoms with van der Waals surface area (Å²) in [5, 5.41) is 0. The van der Waals surface area contributed by atoms with Gasteiger partial charge in [-0.2, -0.15) is 0 Å². The van der Waals surface area contributed by atoms with Crippen LogP contribution < -0.4 is 4.74 Å². The maximum Gasteiger partial charge on any atom is 0.153 e. The van der Waals surface area contributed by atoms with Gasteiger partial charge in [-0.25, -0.2) is 4.98 Å². The molecule has 144 valence electrons. The zero-order chi connectivity index (χ0) is 19.1. The molecule has 0 aliphatic carbocycles. The van der Waals surface area contributed by atoms with Gasteiger partial charge in [-0.1, -0.05) is 63.3 Å². The van der Waals surface area contributed by atoms with Crippen molar-refractivity contribution >= 4 is 11.0 Å². The molecule has 1 heterocycles. The van der Waals surface area contributed by atoms with Gasteiger partial charge in [0.2, 0.25) is 0 Å². The highest BCUT2D eigenvalue weighted by Crippen LogP contribution is 2.26. The summed E-state index contributed by atoms with van der Waals surface area (Å²) in [6, 6.07) is 16.6. The standard InChI is InChI=1S/C24H32N2O/c1-4-5-6-7-8-11-17-26-23-16-10-9-15-22(23)25-24(26)20(3)27-21-14-12-13-19(2)18-21/h9-10,12-16,18,20H,4-8,11,17H2,1-3H3. The first kappa shape index (κ1) is 19.5. The molecule has 0 fully saturated rings. The molecule has 3 rings (SSSR count). The van der Waals surface area contributed by atoms with Crippen LogP contribution in [0.1, 0.15) is 69.9 Å². The van der Waals surface area contributed by atoms with Crippen LogP contribution in [-0.4, -0.2) is 9.55 Å². The van der Waals surface area contributed by atoms with Crippen molar-refractivity contribution < 1.29 is 4.74 Å². The van der Waals surface area contributed by atoms with E-state index in [1.807, 2.05) is 12.1 Å². The summed E-state index contributed by atoms with van der Waals surface area (Å²) < 4.78 is 8.58. The molecule has 0 radical (unpaired) electrons. The molecule has 0 amide bonds. The van der Waals surface area contributed by atoms with Crippen LogP contribution in [0.2, 0.25) is 0 Å². The van der Waals surface area contributed by atoms with Gasteiger partial charge in [-0.15, -0.1) is 0 Å². The maximum atomic E-state index is 6.23. The third-order valence-corrected chi connectivity index (χ3v) is 5.09. The highest BCUT2D eigenvalue weighted by molar-refractivity contribution is 5.76. The molecule has 3 aromatic rings. The topological polar surface area (TPSA) is 27.1 Å². The maximum absolute atomic E-state index is 6.23. The Morgan fingerprint density at radius 3 is 2.56 bits per heavy atom. The first-order valence-electron chi connectivity index (χ1n) is 10.4. The molecule has 1 aromatic heterocycles. The molecule has 0 saturated carbocycles. The second-order valence-corrected chi connectivity index (χ2v) is 7.45. The first-order valence-corrected chi connectivity index (χ1v) is 10.4. The van der Waals surface area contributed by atoms with Crippen LogP contribution in [-0.2, 0) is 6.54 Å². The van der Waals surface area contributed by atoms with E-state index in [0.29, 0.717) is 0 Å². The predicted molar refractivity (Wildman–Crippen MR) is 113 cm³/mol. The lowest BCUT2D eigenvalue weighted by Crippen LogP contribution is -2.12. The zero-order valence-electron chi connectivity index (χ0n) is 16.9. The van der Waals surface area contributed by atoms with Gasteiger partial charge in [0.05, 0.1) is 11.0 Å². The average molecular weight is 365 g/mol. The Balaban J connectivity index is 1.75. The quantitative estimate of drug-likeness (QED) is 0.368. The molecule has 2 aromatic carbocycles. The minimum atomic E-state index is -0.0840. The molecular weight excluding hydrogens is 332 g/mol. The van der Waals surface area contributed by atoms with Gasteiger partial charge in [-0.05, 0) is 50.1 Å². The normalized spacial score (nSPS) is 12.4. The Morgan fingerprint density at radius 1 is 0.963 bits per heavy atom. The van der Waals surface area contributed by atoms with E-state index in [9.17, 15) is 0 Å². The number of imidazole rings is 1.